The minimum atomic E-state index is 0.0299. The van der Waals surface area contributed by atoms with Crippen LogP contribution in [0.3, 0.4) is 0 Å². The Morgan fingerprint density at radius 3 is 2.76 bits per heavy atom. The minimum absolute atomic E-state index is 0.0299. The second-order valence-electron chi connectivity index (χ2n) is 5.26. The summed E-state index contributed by atoms with van der Waals surface area (Å²) in [5.74, 6) is 1.79. The van der Waals surface area contributed by atoms with Gasteiger partial charge in [0.1, 0.15) is 11.5 Å². The molecule has 2 aromatic heterocycles. The maximum atomic E-state index is 6.42. The molecule has 3 rings (SSSR count). The van der Waals surface area contributed by atoms with E-state index in [2.05, 4.69) is 17.2 Å². The van der Waals surface area contributed by atoms with E-state index >= 15 is 0 Å². The molecular formula is C17H17ClN2O. The largest absolute Gasteiger partial charge is 0.464 e. The topological polar surface area (TPSA) is 38.1 Å². The molecule has 2 heterocycles. The highest BCUT2D eigenvalue weighted by Crippen LogP contribution is 2.35. The fourth-order valence-electron chi connectivity index (χ4n) is 2.50. The van der Waals surface area contributed by atoms with Crippen molar-refractivity contribution >= 4 is 28.2 Å². The molecule has 4 heteroatoms. The summed E-state index contributed by atoms with van der Waals surface area (Å²) in [6.45, 7) is 6.01. The lowest BCUT2D eigenvalue weighted by atomic mass is 10.1. The highest BCUT2D eigenvalue weighted by molar-refractivity contribution is 6.35. The maximum Gasteiger partial charge on any atom is 0.126 e. The van der Waals surface area contributed by atoms with Gasteiger partial charge in [0.2, 0.25) is 0 Å². The monoisotopic (exact) mass is 300 g/mol. The number of pyridine rings is 1. The van der Waals surface area contributed by atoms with Crippen LogP contribution in [0.4, 0.5) is 5.69 Å². The molecule has 0 saturated heterocycles. The van der Waals surface area contributed by atoms with Gasteiger partial charge < -0.3 is 9.73 Å². The molecule has 21 heavy (non-hydrogen) atoms. The van der Waals surface area contributed by atoms with Crippen molar-refractivity contribution in [1.82, 2.24) is 4.98 Å². The average Bonchev–Trinajstić information content (AvgIpc) is 2.90. The fourth-order valence-corrected chi connectivity index (χ4v) is 2.82. The van der Waals surface area contributed by atoms with Crippen LogP contribution >= 0.6 is 11.6 Å². The predicted octanol–water partition coefficient (Wildman–Crippen LogP) is 5.27. The maximum absolute atomic E-state index is 6.42. The minimum Gasteiger partial charge on any atom is -0.464 e. The Labute approximate surface area is 128 Å². The van der Waals surface area contributed by atoms with Crippen LogP contribution in [0.15, 0.2) is 40.9 Å². The number of rotatable bonds is 3. The van der Waals surface area contributed by atoms with Gasteiger partial charge in [-0.05, 0) is 56.7 Å². The second-order valence-corrected chi connectivity index (χ2v) is 5.67. The number of benzene rings is 1. The van der Waals surface area contributed by atoms with Crippen molar-refractivity contribution in [2.75, 3.05) is 5.32 Å². The fraction of sp³-hybridized carbons (Fsp3) is 0.235. The number of hydrogen-bond donors (Lipinski definition) is 1. The van der Waals surface area contributed by atoms with Crippen molar-refractivity contribution in [2.45, 2.75) is 26.8 Å². The van der Waals surface area contributed by atoms with E-state index < -0.39 is 0 Å². The van der Waals surface area contributed by atoms with Gasteiger partial charge >= 0.3 is 0 Å². The molecule has 1 unspecified atom stereocenters. The van der Waals surface area contributed by atoms with Crippen LogP contribution in [0, 0.1) is 13.8 Å². The van der Waals surface area contributed by atoms with Crippen LogP contribution in [0.2, 0.25) is 5.02 Å². The summed E-state index contributed by atoms with van der Waals surface area (Å²) in [6.07, 6.45) is 1.80. The van der Waals surface area contributed by atoms with E-state index in [-0.39, 0.29) is 6.04 Å². The Hall–Kier alpha value is -2.00. The lowest BCUT2D eigenvalue weighted by Crippen LogP contribution is -2.07. The Kier molecular flexibility index (Phi) is 3.60. The van der Waals surface area contributed by atoms with Crippen LogP contribution in [-0.4, -0.2) is 4.98 Å². The summed E-state index contributed by atoms with van der Waals surface area (Å²) in [5, 5.41) is 5.17. The van der Waals surface area contributed by atoms with E-state index in [0.29, 0.717) is 5.02 Å². The summed E-state index contributed by atoms with van der Waals surface area (Å²) >= 11 is 6.42. The van der Waals surface area contributed by atoms with Crippen LogP contribution in [-0.2, 0) is 0 Å². The van der Waals surface area contributed by atoms with Gasteiger partial charge in [-0.25, -0.2) is 0 Å². The van der Waals surface area contributed by atoms with Gasteiger partial charge in [0, 0.05) is 11.6 Å². The molecule has 0 saturated carbocycles. The lowest BCUT2D eigenvalue weighted by molar-refractivity contribution is 0.467. The van der Waals surface area contributed by atoms with Gasteiger partial charge in [0.15, 0.2) is 0 Å². The number of nitrogens with zero attached hydrogens (tertiary/aromatic N) is 1. The molecule has 0 aliphatic rings. The first-order valence-electron chi connectivity index (χ1n) is 6.93. The van der Waals surface area contributed by atoms with Gasteiger partial charge in [-0.1, -0.05) is 11.6 Å². The first-order chi connectivity index (χ1) is 10.1. The van der Waals surface area contributed by atoms with Crippen LogP contribution in [0.25, 0.3) is 10.9 Å². The summed E-state index contributed by atoms with van der Waals surface area (Å²) < 4.78 is 5.67. The molecule has 1 N–H and O–H groups in total. The van der Waals surface area contributed by atoms with Crippen molar-refractivity contribution in [3.05, 3.63) is 58.6 Å². The Morgan fingerprint density at radius 1 is 1.24 bits per heavy atom. The summed E-state index contributed by atoms with van der Waals surface area (Å²) in [4.78, 5) is 4.44. The molecule has 0 spiro atoms. The normalized spacial score (nSPS) is 12.6. The smallest absolute Gasteiger partial charge is 0.126 e. The van der Waals surface area contributed by atoms with E-state index in [1.807, 2.05) is 44.2 Å². The van der Waals surface area contributed by atoms with Gasteiger partial charge in [0.05, 0.1) is 22.3 Å². The van der Waals surface area contributed by atoms with Gasteiger partial charge in [-0.3, -0.25) is 4.98 Å². The molecule has 0 amide bonds. The van der Waals surface area contributed by atoms with Crippen molar-refractivity contribution in [3.8, 4) is 0 Å². The van der Waals surface area contributed by atoms with E-state index in [0.717, 1.165) is 33.7 Å². The number of nitrogens with one attached hydrogen (secondary N) is 1. The van der Waals surface area contributed by atoms with Crippen LogP contribution in [0.1, 0.15) is 30.0 Å². The molecule has 0 bridgehead atoms. The van der Waals surface area contributed by atoms with E-state index in [9.17, 15) is 0 Å². The number of halogens is 1. The molecule has 1 aromatic carbocycles. The number of aryl methyl sites for hydroxylation is 2. The zero-order valence-corrected chi connectivity index (χ0v) is 13.0. The SMILES string of the molecule is Cc1ccc(C(C)Nc2c(Cl)cc(C)c3ncccc23)o1. The molecule has 3 aromatic rings. The zero-order valence-electron chi connectivity index (χ0n) is 12.3. The third-order valence-electron chi connectivity index (χ3n) is 3.58. The van der Waals surface area contributed by atoms with E-state index in [4.69, 9.17) is 16.0 Å². The average molecular weight is 301 g/mol. The number of furan rings is 1. The van der Waals surface area contributed by atoms with E-state index in [1.54, 1.807) is 6.20 Å². The first kappa shape index (κ1) is 14.0. The van der Waals surface area contributed by atoms with Crippen LogP contribution in [0.5, 0.6) is 0 Å². The van der Waals surface area contributed by atoms with Crippen molar-refractivity contribution < 1.29 is 4.42 Å². The third kappa shape index (κ3) is 2.61. The molecule has 0 radical (unpaired) electrons. The van der Waals surface area contributed by atoms with Gasteiger partial charge in [0.25, 0.3) is 0 Å². The highest BCUT2D eigenvalue weighted by Gasteiger charge is 2.15. The standard InChI is InChI=1S/C17H17ClN2O/c1-10-9-14(18)17(13-5-4-8-19-16(10)13)20-12(3)15-7-6-11(2)21-15/h4-9,12,20H,1-3H3. The molecule has 0 fully saturated rings. The molecule has 108 valence electrons. The number of fused-ring (bicyclic) bond motifs is 1. The number of anilines is 1. The lowest BCUT2D eigenvalue weighted by Gasteiger charge is -2.17. The zero-order chi connectivity index (χ0) is 15.0. The van der Waals surface area contributed by atoms with Crippen LogP contribution < -0.4 is 5.32 Å². The van der Waals surface area contributed by atoms with Crippen molar-refractivity contribution in [3.63, 3.8) is 0 Å². The highest BCUT2D eigenvalue weighted by atomic mass is 35.5. The predicted molar refractivity (Wildman–Crippen MR) is 87.0 cm³/mol. The van der Waals surface area contributed by atoms with Gasteiger partial charge in [-0.15, -0.1) is 0 Å². The first-order valence-corrected chi connectivity index (χ1v) is 7.31. The number of aromatic nitrogens is 1. The molecule has 0 aliphatic heterocycles. The van der Waals surface area contributed by atoms with E-state index in [1.165, 1.54) is 0 Å². The quantitative estimate of drug-likeness (QED) is 0.716. The van der Waals surface area contributed by atoms with Crippen molar-refractivity contribution in [1.29, 1.82) is 0 Å². The number of hydrogen-bond acceptors (Lipinski definition) is 3. The van der Waals surface area contributed by atoms with Gasteiger partial charge in [-0.2, -0.15) is 0 Å². The summed E-state index contributed by atoms with van der Waals surface area (Å²) in [6, 6.07) is 9.87. The van der Waals surface area contributed by atoms with Crippen molar-refractivity contribution in [2.24, 2.45) is 0 Å². The summed E-state index contributed by atoms with van der Waals surface area (Å²) in [5.41, 5.74) is 2.93. The Morgan fingerprint density at radius 2 is 2.05 bits per heavy atom. The molecule has 0 aliphatic carbocycles. The second kappa shape index (κ2) is 5.41. The molecule has 1 atom stereocenters. The summed E-state index contributed by atoms with van der Waals surface area (Å²) in [7, 11) is 0. The Balaban J connectivity index is 2.04. The Bertz CT molecular complexity index is 795. The third-order valence-corrected chi connectivity index (χ3v) is 3.88. The molecule has 3 nitrogen and oxygen atoms in total. The molecular weight excluding hydrogens is 284 g/mol.